The first-order valence-electron chi connectivity index (χ1n) is 8.55. The fraction of sp³-hybridized carbons (Fsp3) is 0.350. The Morgan fingerprint density at radius 2 is 1.81 bits per heavy atom. The van der Waals surface area contributed by atoms with E-state index in [4.69, 9.17) is 4.74 Å². The highest BCUT2D eigenvalue weighted by Gasteiger charge is 2.37. The van der Waals surface area contributed by atoms with Crippen molar-refractivity contribution in [3.63, 3.8) is 0 Å². The van der Waals surface area contributed by atoms with E-state index in [9.17, 15) is 18.0 Å². The zero-order valence-corrected chi connectivity index (χ0v) is 14.2. The molecule has 1 fully saturated rings. The Labute approximate surface area is 150 Å². The Morgan fingerprint density at radius 1 is 1.12 bits per heavy atom. The van der Waals surface area contributed by atoms with Crippen molar-refractivity contribution in [2.45, 2.75) is 31.9 Å². The van der Waals surface area contributed by atoms with E-state index in [0.717, 1.165) is 5.56 Å². The first-order valence-corrected chi connectivity index (χ1v) is 8.55. The summed E-state index contributed by atoms with van der Waals surface area (Å²) in [6, 6.07) is 14.3. The zero-order chi connectivity index (χ0) is 18.5. The normalized spacial score (nSPS) is 20.2. The number of hydrogen-bond donors (Lipinski definition) is 0. The number of likely N-dealkylation sites (tertiary alicyclic amines) is 1. The van der Waals surface area contributed by atoms with Gasteiger partial charge >= 0.3 is 6.09 Å². The number of nitrogens with zero attached hydrogens (tertiary/aromatic N) is 1. The number of piperidine rings is 1. The van der Waals surface area contributed by atoms with Gasteiger partial charge in [-0.05, 0) is 36.1 Å². The summed E-state index contributed by atoms with van der Waals surface area (Å²) in [6.07, 6.45) is -2.64. The van der Waals surface area contributed by atoms with Gasteiger partial charge in [-0.3, -0.25) is 0 Å². The molecule has 2 atom stereocenters. The average Bonchev–Trinajstić information content (AvgIpc) is 2.67. The van der Waals surface area contributed by atoms with Gasteiger partial charge < -0.3 is 9.64 Å². The van der Waals surface area contributed by atoms with Crippen molar-refractivity contribution in [2.24, 2.45) is 5.92 Å². The number of benzene rings is 2. The predicted octanol–water partition coefficient (Wildman–Crippen LogP) is 5.18. The number of hydrogen-bond acceptors (Lipinski definition) is 2. The van der Waals surface area contributed by atoms with Gasteiger partial charge in [0.2, 0.25) is 6.43 Å². The Hall–Kier alpha value is -2.50. The Kier molecular flexibility index (Phi) is 5.81. The van der Waals surface area contributed by atoms with Crippen molar-refractivity contribution in [2.75, 3.05) is 6.54 Å². The molecule has 2 aromatic carbocycles. The Bertz CT molecular complexity index is 722. The molecule has 0 aromatic heterocycles. The van der Waals surface area contributed by atoms with E-state index in [0.29, 0.717) is 5.56 Å². The van der Waals surface area contributed by atoms with E-state index in [1.54, 1.807) is 0 Å². The van der Waals surface area contributed by atoms with Crippen molar-refractivity contribution in [1.29, 1.82) is 0 Å². The van der Waals surface area contributed by atoms with Crippen molar-refractivity contribution in [1.82, 2.24) is 4.90 Å². The lowest BCUT2D eigenvalue weighted by Gasteiger charge is -2.38. The van der Waals surface area contributed by atoms with E-state index in [1.165, 1.54) is 29.2 Å². The second-order valence-corrected chi connectivity index (χ2v) is 6.42. The van der Waals surface area contributed by atoms with Gasteiger partial charge in [-0.15, -0.1) is 0 Å². The number of halogens is 3. The maximum absolute atomic E-state index is 13.2. The number of rotatable bonds is 4. The number of alkyl halides is 2. The second kappa shape index (κ2) is 8.25. The summed E-state index contributed by atoms with van der Waals surface area (Å²) in [6.45, 7) is 0.301. The monoisotopic (exact) mass is 363 g/mol. The highest BCUT2D eigenvalue weighted by Crippen LogP contribution is 2.37. The molecule has 0 unspecified atom stereocenters. The molecule has 6 heteroatoms. The number of carbonyl (C=O) groups excluding carboxylic acids is 1. The van der Waals surface area contributed by atoms with Crippen molar-refractivity contribution in [3.8, 4) is 0 Å². The minimum Gasteiger partial charge on any atom is -0.445 e. The van der Waals surface area contributed by atoms with Crippen LogP contribution in [0.4, 0.5) is 18.0 Å². The first-order chi connectivity index (χ1) is 12.5. The molecule has 3 rings (SSSR count). The standard InChI is InChI=1S/C20H20F3NO2/c21-17-8-6-15(7-9-17)18-12-16(19(22)23)10-11-24(18)20(25)26-13-14-4-2-1-3-5-14/h1-9,16,18-19H,10-13H2/t16-,18+/m1/s1. The Balaban J connectivity index is 1.74. The Morgan fingerprint density at radius 3 is 2.46 bits per heavy atom. The topological polar surface area (TPSA) is 29.5 Å². The summed E-state index contributed by atoms with van der Waals surface area (Å²) in [5.41, 5.74) is 1.48. The second-order valence-electron chi connectivity index (χ2n) is 6.42. The van der Waals surface area contributed by atoms with Gasteiger partial charge in [-0.25, -0.2) is 18.0 Å². The van der Waals surface area contributed by atoms with Crippen LogP contribution in [0.5, 0.6) is 0 Å². The van der Waals surface area contributed by atoms with Crippen LogP contribution in [0.15, 0.2) is 54.6 Å². The van der Waals surface area contributed by atoms with Crippen LogP contribution in [0.25, 0.3) is 0 Å². The van der Waals surface area contributed by atoms with Crippen LogP contribution in [0.1, 0.15) is 30.0 Å². The molecule has 1 aliphatic rings. The summed E-state index contributed by atoms with van der Waals surface area (Å²) < 4.78 is 44.9. The average molecular weight is 363 g/mol. The first kappa shape index (κ1) is 18.3. The number of carbonyl (C=O) groups is 1. The molecule has 0 spiro atoms. The lowest BCUT2D eigenvalue weighted by molar-refractivity contribution is 0.00486. The third kappa shape index (κ3) is 4.36. The van der Waals surface area contributed by atoms with Crippen molar-refractivity contribution in [3.05, 3.63) is 71.5 Å². The van der Waals surface area contributed by atoms with Gasteiger partial charge in [-0.2, -0.15) is 0 Å². The minimum atomic E-state index is -2.44. The lowest BCUT2D eigenvalue weighted by atomic mass is 9.87. The fourth-order valence-electron chi connectivity index (χ4n) is 3.24. The molecule has 0 N–H and O–H groups in total. The largest absolute Gasteiger partial charge is 0.445 e. The highest BCUT2D eigenvalue weighted by atomic mass is 19.3. The molecule has 0 bridgehead atoms. The molecular formula is C20H20F3NO2. The summed E-state index contributed by atoms with van der Waals surface area (Å²) in [4.78, 5) is 14.0. The molecule has 0 saturated carbocycles. The lowest BCUT2D eigenvalue weighted by Crippen LogP contribution is -2.42. The highest BCUT2D eigenvalue weighted by molar-refractivity contribution is 5.68. The van der Waals surface area contributed by atoms with Gasteiger partial charge in [0.05, 0.1) is 6.04 Å². The van der Waals surface area contributed by atoms with Gasteiger partial charge in [0.25, 0.3) is 0 Å². The summed E-state index contributed by atoms with van der Waals surface area (Å²) in [5, 5.41) is 0. The third-order valence-electron chi connectivity index (χ3n) is 4.69. The van der Waals surface area contributed by atoms with Crippen LogP contribution < -0.4 is 0 Å². The summed E-state index contributed by atoms with van der Waals surface area (Å²) in [5.74, 6) is -1.20. The zero-order valence-electron chi connectivity index (χ0n) is 14.2. The molecule has 138 valence electrons. The molecule has 1 saturated heterocycles. The molecule has 3 nitrogen and oxygen atoms in total. The molecule has 1 aliphatic heterocycles. The van der Waals surface area contributed by atoms with Gasteiger partial charge in [0.15, 0.2) is 0 Å². The van der Waals surface area contributed by atoms with Crippen LogP contribution in [0, 0.1) is 11.7 Å². The number of ether oxygens (including phenoxy) is 1. The van der Waals surface area contributed by atoms with Crippen LogP contribution in [-0.2, 0) is 11.3 Å². The van der Waals surface area contributed by atoms with E-state index >= 15 is 0 Å². The van der Waals surface area contributed by atoms with Crippen molar-refractivity contribution < 1.29 is 22.7 Å². The summed E-state index contributed by atoms with van der Waals surface area (Å²) >= 11 is 0. The predicted molar refractivity (Wildman–Crippen MR) is 91.2 cm³/mol. The van der Waals surface area contributed by atoms with E-state index < -0.39 is 30.3 Å². The third-order valence-corrected chi connectivity index (χ3v) is 4.69. The molecule has 1 amide bonds. The molecular weight excluding hydrogens is 343 g/mol. The maximum Gasteiger partial charge on any atom is 0.410 e. The van der Waals surface area contributed by atoms with Gasteiger partial charge in [-0.1, -0.05) is 42.5 Å². The van der Waals surface area contributed by atoms with E-state index in [2.05, 4.69) is 0 Å². The molecule has 26 heavy (non-hydrogen) atoms. The van der Waals surface area contributed by atoms with Crippen LogP contribution in [0.3, 0.4) is 0 Å². The van der Waals surface area contributed by atoms with E-state index in [-0.39, 0.29) is 26.0 Å². The van der Waals surface area contributed by atoms with Crippen LogP contribution in [0.2, 0.25) is 0 Å². The van der Waals surface area contributed by atoms with Crippen LogP contribution in [-0.4, -0.2) is 24.0 Å². The molecule has 0 aliphatic carbocycles. The van der Waals surface area contributed by atoms with E-state index in [1.807, 2.05) is 30.3 Å². The SMILES string of the molecule is O=C(OCc1ccccc1)N1CC[C@@H](C(F)F)C[C@H]1c1ccc(F)cc1. The van der Waals surface area contributed by atoms with Gasteiger partial charge in [0, 0.05) is 12.5 Å². The maximum atomic E-state index is 13.2. The molecule has 0 radical (unpaired) electrons. The quantitative estimate of drug-likeness (QED) is 0.749. The fourth-order valence-corrected chi connectivity index (χ4v) is 3.24. The molecule has 1 heterocycles. The van der Waals surface area contributed by atoms with Crippen LogP contribution >= 0.6 is 0 Å². The minimum absolute atomic E-state index is 0.116. The van der Waals surface area contributed by atoms with Crippen molar-refractivity contribution >= 4 is 6.09 Å². The molecule has 2 aromatic rings. The van der Waals surface area contributed by atoms with Gasteiger partial charge in [0.1, 0.15) is 12.4 Å². The number of amides is 1. The smallest absolute Gasteiger partial charge is 0.410 e. The summed E-state index contributed by atoms with van der Waals surface area (Å²) in [7, 11) is 0.